The van der Waals surface area contributed by atoms with E-state index in [4.69, 9.17) is 9.47 Å². The van der Waals surface area contributed by atoms with Crippen molar-refractivity contribution in [1.29, 1.82) is 0 Å². The summed E-state index contributed by atoms with van der Waals surface area (Å²) in [5.41, 5.74) is 3.66. The first-order chi connectivity index (χ1) is 10.2. The molecule has 0 bridgehead atoms. The molecule has 0 amide bonds. The van der Waals surface area contributed by atoms with Crippen LogP contribution >= 0.6 is 0 Å². The van der Waals surface area contributed by atoms with Crippen LogP contribution in [0.5, 0.6) is 11.9 Å². The fraction of sp³-hybridized carbons (Fsp3) is 0.267. The average molecular weight is 284 g/mol. The maximum absolute atomic E-state index is 5.36. The Morgan fingerprint density at radius 1 is 1.14 bits per heavy atom. The van der Waals surface area contributed by atoms with Gasteiger partial charge >= 0.3 is 0 Å². The summed E-state index contributed by atoms with van der Waals surface area (Å²) in [4.78, 5) is 12.8. The minimum absolute atomic E-state index is 0.446. The molecule has 0 aliphatic carbocycles. The smallest absolute Gasteiger partial charge is 0.298 e. The van der Waals surface area contributed by atoms with E-state index in [0.717, 1.165) is 5.56 Å². The van der Waals surface area contributed by atoms with Crippen molar-refractivity contribution >= 4 is 11.2 Å². The Morgan fingerprint density at radius 2 is 2.00 bits per heavy atom. The van der Waals surface area contributed by atoms with Gasteiger partial charge in [-0.15, -0.1) is 0 Å². The number of rotatable bonds is 4. The number of nitrogens with zero attached hydrogens (tertiary/aromatic N) is 4. The van der Waals surface area contributed by atoms with Crippen molar-refractivity contribution in [2.24, 2.45) is 0 Å². The summed E-state index contributed by atoms with van der Waals surface area (Å²) >= 11 is 0. The fourth-order valence-corrected chi connectivity index (χ4v) is 2.34. The predicted octanol–water partition coefficient (Wildman–Crippen LogP) is 2.20. The Balaban J connectivity index is 2.12. The Kier molecular flexibility index (Phi) is 3.43. The number of aryl methyl sites for hydroxylation is 1. The summed E-state index contributed by atoms with van der Waals surface area (Å²) in [6, 6.07) is 8.79. The second-order valence-electron chi connectivity index (χ2n) is 4.73. The van der Waals surface area contributed by atoms with Crippen LogP contribution in [-0.4, -0.2) is 33.7 Å². The minimum Gasteiger partial charge on any atom is -0.479 e. The van der Waals surface area contributed by atoms with Crippen molar-refractivity contribution in [2.45, 2.75) is 13.5 Å². The highest BCUT2D eigenvalue weighted by atomic mass is 16.5. The monoisotopic (exact) mass is 284 g/mol. The van der Waals surface area contributed by atoms with E-state index in [0.29, 0.717) is 29.6 Å². The summed E-state index contributed by atoms with van der Waals surface area (Å²) < 4.78 is 12.5. The Labute approximate surface area is 122 Å². The van der Waals surface area contributed by atoms with Gasteiger partial charge in [-0.2, -0.15) is 9.97 Å². The Morgan fingerprint density at radius 3 is 2.71 bits per heavy atom. The molecule has 0 atom stereocenters. The van der Waals surface area contributed by atoms with Gasteiger partial charge in [-0.3, -0.25) is 4.57 Å². The van der Waals surface area contributed by atoms with Crippen molar-refractivity contribution in [2.75, 3.05) is 14.2 Å². The number of ether oxygens (including phenoxy) is 2. The minimum atomic E-state index is 0.446. The summed E-state index contributed by atoms with van der Waals surface area (Å²) in [7, 11) is 3.15. The zero-order valence-corrected chi connectivity index (χ0v) is 12.2. The molecule has 0 spiro atoms. The average Bonchev–Trinajstić information content (AvgIpc) is 2.85. The van der Waals surface area contributed by atoms with Crippen LogP contribution in [0.25, 0.3) is 11.2 Å². The summed E-state index contributed by atoms with van der Waals surface area (Å²) in [5, 5.41) is 0. The molecule has 0 aliphatic rings. The van der Waals surface area contributed by atoms with Crippen LogP contribution in [0, 0.1) is 6.92 Å². The lowest BCUT2D eigenvalue weighted by atomic mass is 10.1. The molecule has 3 aromatic rings. The van der Waals surface area contributed by atoms with Crippen molar-refractivity contribution in [3.05, 3.63) is 41.7 Å². The van der Waals surface area contributed by atoms with E-state index in [2.05, 4.69) is 40.1 Å². The molecule has 0 N–H and O–H groups in total. The van der Waals surface area contributed by atoms with Crippen molar-refractivity contribution in [3.8, 4) is 11.9 Å². The van der Waals surface area contributed by atoms with Gasteiger partial charge in [0.15, 0.2) is 11.2 Å². The van der Waals surface area contributed by atoms with Crippen molar-refractivity contribution in [1.82, 2.24) is 19.5 Å². The summed E-state index contributed by atoms with van der Waals surface area (Å²) in [5.74, 6) is 0.446. The number of methoxy groups -OCH3 is 2. The van der Waals surface area contributed by atoms with Gasteiger partial charge in [0.1, 0.15) is 6.33 Å². The predicted molar refractivity (Wildman–Crippen MR) is 78.7 cm³/mol. The van der Waals surface area contributed by atoms with E-state index in [1.807, 2.05) is 10.6 Å². The quantitative estimate of drug-likeness (QED) is 0.735. The zero-order chi connectivity index (χ0) is 14.8. The second-order valence-corrected chi connectivity index (χ2v) is 4.73. The normalized spacial score (nSPS) is 10.8. The summed E-state index contributed by atoms with van der Waals surface area (Å²) in [6.45, 7) is 2.69. The van der Waals surface area contributed by atoms with Crippen LogP contribution in [0.3, 0.4) is 0 Å². The number of benzene rings is 1. The van der Waals surface area contributed by atoms with Gasteiger partial charge in [0.25, 0.3) is 6.01 Å². The number of aromatic nitrogens is 4. The third-order valence-electron chi connectivity index (χ3n) is 3.26. The lowest BCUT2D eigenvalue weighted by Gasteiger charge is -2.08. The standard InChI is InChI=1S/C15H16N4O2/c1-10-5-4-6-11(7-10)8-19-13-12(18-15(19)21-3)14(20-2)17-9-16-13/h4-7,9H,8H2,1-3H3. The highest BCUT2D eigenvalue weighted by Gasteiger charge is 2.17. The highest BCUT2D eigenvalue weighted by molar-refractivity contribution is 5.77. The Bertz CT molecular complexity index is 782. The van der Waals surface area contributed by atoms with Gasteiger partial charge in [0.2, 0.25) is 5.88 Å². The number of hydrogen-bond donors (Lipinski definition) is 0. The number of hydrogen-bond acceptors (Lipinski definition) is 5. The molecule has 2 aromatic heterocycles. The molecule has 0 saturated carbocycles. The zero-order valence-electron chi connectivity index (χ0n) is 12.2. The van der Waals surface area contributed by atoms with Crippen LogP contribution in [-0.2, 0) is 6.54 Å². The van der Waals surface area contributed by atoms with Gasteiger partial charge in [0.05, 0.1) is 20.8 Å². The van der Waals surface area contributed by atoms with E-state index in [9.17, 15) is 0 Å². The number of imidazole rings is 1. The van der Waals surface area contributed by atoms with Crippen molar-refractivity contribution < 1.29 is 9.47 Å². The van der Waals surface area contributed by atoms with Crippen LogP contribution in [0.15, 0.2) is 30.6 Å². The molecule has 1 aromatic carbocycles. The molecule has 6 nitrogen and oxygen atoms in total. The van der Waals surface area contributed by atoms with E-state index in [-0.39, 0.29) is 0 Å². The van der Waals surface area contributed by atoms with Crippen LogP contribution < -0.4 is 9.47 Å². The lowest BCUT2D eigenvalue weighted by molar-refractivity contribution is 0.363. The fourth-order valence-electron chi connectivity index (χ4n) is 2.34. The SMILES string of the molecule is COc1ncnc2c1nc(OC)n2Cc1cccc(C)c1. The molecular formula is C15H16N4O2. The van der Waals surface area contributed by atoms with Gasteiger partial charge in [-0.1, -0.05) is 29.8 Å². The van der Waals surface area contributed by atoms with E-state index in [1.165, 1.54) is 11.9 Å². The first-order valence-electron chi connectivity index (χ1n) is 6.57. The third kappa shape index (κ3) is 2.40. The largest absolute Gasteiger partial charge is 0.479 e. The molecule has 3 rings (SSSR count). The third-order valence-corrected chi connectivity index (χ3v) is 3.26. The molecule has 0 unspecified atom stereocenters. The van der Waals surface area contributed by atoms with Gasteiger partial charge in [-0.25, -0.2) is 4.98 Å². The first kappa shape index (κ1) is 13.4. The lowest BCUT2D eigenvalue weighted by Crippen LogP contribution is -2.04. The molecule has 0 aliphatic heterocycles. The Hall–Kier alpha value is -2.63. The van der Waals surface area contributed by atoms with Crippen LogP contribution in [0.2, 0.25) is 0 Å². The molecule has 21 heavy (non-hydrogen) atoms. The molecular weight excluding hydrogens is 268 g/mol. The van der Waals surface area contributed by atoms with Gasteiger partial charge in [0, 0.05) is 0 Å². The van der Waals surface area contributed by atoms with E-state index < -0.39 is 0 Å². The van der Waals surface area contributed by atoms with Gasteiger partial charge in [-0.05, 0) is 12.5 Å². The molecule has 0 saturated heterocycles. The second kappa shape index (κ2) is 5.40. The van der Waals surface area contributed by atoms with Gasteiger partial charge < -0.3 is 9.47 Å². The molecule has 6 heteroatoms. The van der Waals surface area contributed by atoms with Crippen LogP contribution in [0.1, 0.15) is 11.1 Å². The van der Waals surface area contributed by atoms with E-state index >= 15 is 0 Å². The van der Waals surface area contributed by atoms with E-state index in [1.54, 1.807) is 14.2 Å². The first-order valence-corrected chi connectivity index (χ1v) is 6.57. The maximum Gasteiger partial charge on any atom is 0.298 e. The molecule has 108 valence electrons. The summed E-state index contributed by atoms with van der Waals surface area (Å²) in [6.07, 6.45) is 1.47. The molecule has 0 fully saturated rings. The highest BCUT2D eigenvalue weighted by Crippen LogP contribution is 2.26. The maximum atomic E-state index is 5.36. The molecule has 0 radical (unpaired) electrons. The van der Waals surface area contributed by atoms with Crippen molar-refractivity contribution in [3.63, 3.8) is 0 Å². The topological polar surface area (TPSA) is 62.1 Å². The number of fused-ring (bicyclic) bond motifs is 1. The van der Waals surface area contributed by atoms with Crippen LogP contribution in [0.4, 0.5) is 0 Å². The molecule has 2 heterocycles.